The van der Waals surface area contributed by atoms with Crippen molar-refractivity contribution in [3.8, 4) is 0 Å². The van der Waals surface area contributed by atoms with Crippen molar-refractivity contribution in [3.05, 3.63) is 22.2 Å². The number of halogens is 1. The standard InChI is InChI=1S/C13H15BrN2O3/c14-9-6-8-10(15-13(18)12(8)17)7-11(9)16-2-1-4-19-5-3-16/h6-7,12,17H,1-5H2,(H,15,18). The van der Waals surface area contributed by atoms with Crippen molar-refractivity contribution in [3.63, 3.8) is 0 Å². The summed E-state index contributed by atoms with van der Waals surface area (Å²) in [5.41, 5.74) is 2.35. The lowest BCUT2D eigenvalue weighted by molar-refractivity contribution is -0.123. The fourth-order valence-electron chi connectivity index (χ4n) is 2.48. The molecule has 1 saturated heterocycles. The first-order valence-electron chi connectivity index (χ1n) is 6.32. The zero-order chi connectivity index (χ0) is 13.4. The maximum absolute atomic E-state index is 11.5. The molecule has 0 bridgehead atoms. The van der Waals surface area contributed by atoms with Crippen LogP contribution in [0, 0.1) is 0 Å². The van der Waals surface area contributed by atoms with Crippen LogP contribution in [0.25, 0.3) is 0 Å². The number of nitrogens with one attached hydrogen (secondary N) is 1. The zero-order valence-corrected chi connectivity index (χ0v) is 11.9. The van der Waals surface area contributed by atoms with Crippen LogP contribution in [0.4, 0.5) is 11.4 Å². The van der Waals surface area contributed by atoms with Gasteiger partial charge in [-0.2, -0.15) is 0 Å². The molecule has 1 amide bonds. The molecular formula is C13H15BrN2O3. The Labute approximate surface area is 119 Å². The summed E-state index contributed by atoms with van der Waals surface area (Å²) in [6.45, 7) is 3.24. The van der Waals surface area contributed by atoms with E-state index in [0.29, 0.717) is 17.9 Å². The van der Waals surface area contributed by atoms with Crippen LogP contribution in [0.2, 0.25) is 0 Å². The maximum atomic E-state index is 11.5. The van der Waals surface area contributed by atoms with E-state index in [2.05, 4.69) is 26.1 Å². The average Bonchev–Trinajstić information content (AvgIpc) is 2.63. The van der Waals surface area contributed by atoms with Gasteiger partial charge in [-0.15, -0.1) is 0 Å². The summed E-state index contributed by atoms with van der Waals surface area (Å²) in [4.78, 5) is 13.7. The van der Waals surface area contributed by atoms with Crippen molar-refractivity contribution in [2.45, 2.75) is 12.5 Å². The van der Waals surface area contributed by atoms with E-state index in [4.69, 9.17) is 4.74 Å². The minimum absolute atomic E-state index is 0.363. The average molecular weight is 327 g/mol. The highest BCUT2D eigenvalue weighted by Gasteiger charge is 2.30. The summed E-state index contributed by atoms with van der Waals surface area (Å²) >= 11 is 3.53. The number of carbonyl (C=O) groups is 1. The third kappa shape index (κ3) is 2.35. The van der Waals surface area contributed by atoms with Gasteiger partial charge in [0, 0.05) is 35.4 Å². The van der Waals surface area contributed by atoms with Crippen LogP contribution in [0.3, 0.4) is 0 Å². The lowest BCUT2D eigenvalue weighted by Gasteiger charge is -2.24. The molecule has 2 aliphatic rings. The van der Waals surface area contributed by atoms with E-state index in [1.165, 1.54) is 0 Å². The number of benzene rings is 1. The van der Waals surface area contributed by atoms with Gasteiger partial charge >= 0.3 is 0 Å². The maximum Gasteiger partial charge on any atom is 0.257 e. The summed E-state index contributed by atoms with van der Waals surface area (Å²) < 4.78 is 6.34. The van der Waals surface area contributed by atoms with Crippen LogP contribution in [0.1, 0.15) is 18.1 Å². The van der Waals surface area contributed by atoms with Gasteiger partial charge in [-0.05, 0) is 34.5 Å². The molecule has 2 aliphatic heterocycles. The number of hydrogen-bond acceptors (Lipinski definition) is 4. The second-order valence-electron chi connectivity index (χ2n) is 4.74. The molecule has 2 N–H and O–H groups in total. The molecule has 3 rings (SSSR count). The molecule has 0 radical (unpaired) electrons. The fraction of sp³-hybridized carbons (Fsp3) is 0.462. The number of anilines is 2. The van der Waals surface area contributed by atoms with Crippen molar-refractivity contribution in [1.82, 2.24) is 0 Å². The Morgan fingerprint density at radius 2 is 2.21 bits per heavy atom. The number of aliphatic hydroxyl groups is 1. The van der Waals surface area contributed by atoms with Gasteiger partial charge in [0.15, 0.2) is 6.10 Å². The van der Waals surface area contributed by atoms with Crippen molar-refractivity contribution < 1.29 is 14.6 Å². The van der Waals surface area contributed by atoms with Crippen LogP contribution in [0.15, 0.2) is 16.6 Å². The summed E-state index contributed by atoms with van der Waals surface area (Å²) in [5.74, 6) is -0.363. The van der Waals surface area contributed by atoms with E-state index in [1.54, 1.807) is 0 Å². The van der Waals surface area contributed by atoms with Crippen LogP contribution < -0.4 is 10.2 Å². The molecule has 1 aromatic carbocycles. The Hall–Kier alpha value is -1.11. The topological polar surface area (TPSA) is 61.8 Å². The van der Waals surface area contributed by atoms with Crippen molar-refractivity contribution >= 4 is 33.2 Å². The van der Waals surface area contributed by atoms with Crippen LogP contribution >= 0.6 is 15.9 Å². The molecule has 0 aliphatic carbocycles. The van der Waals surface area contributed by atoms with Gasteiger partial charge < -0.3 is 20.1 Å². The summed E-state index contributed by atoms with van der Waals surface area (Å²) in [5, 5.41) is 12.5. The van der Waals surface area contributed by atoms with Gasteiger partial charge in [-0.1, -0.05) is 0 Å². The SMILES string of the molecule is O=C1Nc2cc(N3CCCOCC3)c(Br)cc2C1O. The largest absolute Gasteiger partial charge is 0.380 e. The van der Waals surface area contributed by atoms with E-state index < -0.39 is 6.10 Å². The van der Waals surface area contributed by atoms with Crippen LogP contribution in [-0.4, -0.2) is 37.3 Å². The number of nitrogens with zero attached hydrogens (tertiary/aromatic N) is 1. The van der Waals surface area contributed by atoms with Crippen LogP contribution in [-0.2, 0) is 9.53 Å². The predicted molar refractivity (Wildman–Crippen MR) is 75.4 cm³/mol. The Morgan fingerprint density at radius 3 is 3.05 bits per heavy atom. The van der Waals surface area contributed by atoms with Crippen molar-refractivity contribution in [1.29, 1.82) is 0 Å². The van der Waals surface area contributed by atoms with Gasteiger partial charge in [0.05, 0.1) is 12.3 Å². The molecule has 5 nitrogen and oxygen atoms in total. The molecule has 1 fully saturated rings. The molecule has 0 aromatic heterocycles. The molecule has 102 valence electrons. The molecule has 0 saturated carbocycles. The normalized spacial score (nSPS) is 22.9. The number of amides is 1. The Morgan fingerprint density at radius 1 is 1.37 bits per heavy atom. The highest BCUT2D eigenvalue weighted by atomic mass is 79.9. The van der Waals surface area contributed by atoms with E-state index >= 15 is 0 Å². The predicted octanol–water partition coefficient (Wildman–Crippen LogP) is 1.66. The monoisotopic (exact) mass is 326 g/mol. The van der Waals surface area contributed by atoms with Gasteiger partial charge in [0.25, 0.3) is 5.91 Å². The van der Waals surface area contributed by atoms with E-state index in [1.807, 2.05) is 12.1 Å². The minimum atomic E-state index is -1.06. The molecule has 19 heavy (non-hydrogen) atoms. The molecular weight excluding hydrogens is 312 g/mol. The highest BCUT2D eigenvalue weighted by molar-refractivity contribution is 9.10. The quantitative estimate of drug-likeness (QED) is 0.824. The first kappa shape index (κ1) is 12.9. The molecule has 1 atom stereocenters. The number of fused-ring (bicyclic) bond motifs is 1. The second-order valence-corrected chi connectivity index (χ2v) is 5.59. The molecule has 0 spiro atoms. The zero-order valence-electron chi connectivity index (χ0n) is 10.4. The summed E-state index contributed by atoms with van der Waals surface area (Å²) in [7, 11) is 0. The number of hydrogen-bond donors (Lipinski definition) is 2. The first-order chi connectivity index (χ1) is 9.16. The third-order valence-electron chi connectivity index (χ3n) is 3.48. The molecule has 2 heterocycles. The Kier molecular flexibility index (Phi) is 3.47. The van der Waals surface area contributed by atoms with E-state index in [-0.39, 0.29) is 5.91 Å². The number of rotatable bonds is 1. The smallest absolute Gasteiger partial charge is 0.257 e. The second kappa shape index (κ2) is 5.11. The minimum Gasteiger partial charge on any atom is -0.380 e. The van der Waals surface area contributed by atoms with Crippen molar-refractivity contribution in [2.24, 2.45) is 0 Å². The number of carbonyl (C=O) groups excluding carboxylic acids is 1. The summed E-state index contributed by atoms with van der Waals surface area (Å²) in [6, 6.07) is 3.73. The Bertz CT molecular complexity index is 513. The lowest BCUT2D eigenvalue weighted by atomic mass is 10.1. The fourth-order valence-corrected chi connectivity index (χ4v) is 3.10. The molecule has 1 unspecified atom stereocenters. The molecule has 1 aromatic rings. The van der Waals surface area contributed by atoms with Gasteiger partial charge in [0.2, 0.25) is 0 Å². The number of aliphatic hydroxyl groups excluding tert-OH is 1. The number of ether oxygens (including phenoxy) is 1. The van der Waals surface area contributed by atoms with Gasteiger partial charge in [-0.25, -0.2) is 0 Å². The van der Waals surface area contributed by atoms with Crippen molar-refractivity contribution in [2.75, 3.05) is 36.5 Å². The Balaban J connectivity index is 1.95. The van der Waals surface area contributed by atoms with Crippen LogP contribution in [0.5, 0.6) is 0 Å². The van der Waals surface area contributed by atoms with Gasteiger partial charge in [-0.3, -0.25) is 4.79 Å². The first-order valence-corrected chi connectivity index (χ1v) is 7.11. The third-order valence-corrected chi connectivity index (χ3v) is 4.12. The van der Waals surface area contributed by atoms with E-state index in [0.717, 1.165) is 36.3 Å². The summed E-state index contributed by atoms with van der Waals surface area (Å²) in [6.07, 6.45) is -0.0776. The van der Waals surface area contributed by atoms with Gasteiger partial charge in [0.1, 0.15) is 0 Å². The van der Waals surface area contributed by atoms with E-state index in [9.17, 15) is 9.90 Å². The highest BCUT2D eigenvalue weighted by Crippen LogP contribution is 2.39. The molecule has 6 heteroatoms. The lowest BCUT2D eigenvalue weighted by Crippen LogP contribution is -2.26.